The number of halogens is 1. The second kappa shape index (κ2) is 10.2. The van der Waals surface area contributed by atoms with Crippen molar-refractivity contribution in [1.82, 2.24) is 9.47 Å². The Kier molecular flexibility index (Phi) is 7.28. The molecule has 1 aromatic carbocycles. The Morgan fingerprint density at radius 2 is 1.83 bits per heavy atom. The normalized spacial score (nSPS) is 17.5. The predicted octanol–water partition coefficient (Wildman–Crippen LogP) is 3.74. The number of hydrogen-bond donors (Lipinski definition) is 0. The highest BCUT2D eigenvalue weighted by Gasteiger charge is 2.31. The number of carbonyl (C=O) groups excluding carboxylic acids is 1. The highest BCUT2D eigenvalue weighted by molar-refractivity contribution is 8.26. The van der Waals surface area contributed by atoms with Gasteiger partial charge < -0.3 is 9.80 Å². The molecule has 1 aromatic heterocycles. The minimum atomic E-state index is -0.335. The maximum atomic E-state index is 14.4. The number of anilines is 2. The molecule has 2 aliphatic rings. The highest BCUT2D eigenvalue weighted by Crippen LogP contribution is 2.35. The third-order valence-electron chi connectivity index (χ3n) is 6.33. The van der Waals surface area contributed by atoms with Crippen LogP contribution in [0.5, 0.6) is 0 Å². The van der Waals surface area contributed by atoms with Gasteiger partial charge in [-0.3, -0.25) is 19.1 Å². The average Bonchev–Trinajstić information content (AvgIpc) is 3.09. The molecule has 0 radical (unpaired) electrons. The number of thioether (sulfide) groups is 1. The topological polar surface area (TPSA) is 72.6 Å². The summed E-state index contributed by atoms with van der Waals surface area (Å²) in [5.41, 5.74) is 1.51. The Labute approximate surface area is 213 Å². The van der Waals surface area contributed by atoms with Crippen LogP contribution in [-0.2, 0) is 11.3 Å². The van der Waals surface area contributed by atoms with Crippen LogP contribution >= 0.6 is 24.0 Å². The number of carbonyl (C=O) groups is 1. The SMILES string of the molecule is CCCn1c(N2CCN(c3ccccc3F)CC2)c(/C=C2/SC(=S)N(C)C2=O)c(C)c(C#N)c1=O. The number of hydrogen-bond acceptors (Lipinski definition) is 7. The van der Waals surface area contributed by atoms with Crippen LogP contribution in [0.25, 0.3) is 6.08 Å². The van der Waals surface area contributed by atoms with E-state index in [1.807, 2.05) is 17.9 Å². The maximum absolute atomic E-state index is 14.4. The van der Waals surface area contributed by atoms with Crippen molar-refractivity contribution in [2.75, 3.05) is 43.0 Å². The van der Waals surface area contributed by atoms with Crippen LogP contribution in [0.3, 0.4) is 0 Å². The molecule has 4 rings (SSSR count). The third kappa shape index (κ3) is 4.58. The summed E-state index contributed by atoms with van der Waals surface area (Å²) in [5.74, 6) is 0.213. The Bertz CT molecular complexity index is 1320. The monoisotopic (exact) mass is 511 g/mol. The van der Waals surface area contributed by atoms with Crippen LogP contribution in [0.4, 0.5) is 15.9 Å². The Balaban J connectivity index is 1.81. The summed E-state index contributed by atoms with van der Waals surface area (Å²) in [5, 5.41) is 9.76. The van der Waals surface area contributed by atoms with Crippen molar-refractivity contribution < 1.29 is 9.18 Å². The molecule has 0 unspecified atom stereocenters. The number of para-hydroxylation sites is 1. The van der Waals surface area contributed by atoms with Crippen molar-refractivity contribution in [3.63, 3.8) is 0 Å². The number of aromatic nitrogens is 1. The van der Waals surface area contributed by atoms with Gasteiger partial charge in [0.25, 0.3) is 11.5 Å². The molecule has 3 heterocycles. The molecule has 0 spiro atoms. The quantitative estimate of drug-likeness (QED) is 0.447. The van der Waals surface area contributed by atoms with Crippen LogP contribution in [0.2, 0.25) is 0 Å². The van der Waals surface area contributed by atoms with Gasteiger partial charge in [-0.05, 0) is 37.1 Å². The first-order valence-corrected chi connectivity index (χ1v) is 12.6. The van der Waals surface area contributed by atoms with Crippen LogP contribution in [0, 0.1) is 24.1 Å². The van der Waals surface area contributed by atoms with Gasteiger partial charge in [0.1, 0.15) is 27.6 Å². The van der Waals surface area contributed by atoms with E-state index in [1.54, 1.807) is 36.7 Å². The first-order valence-electron chi connectivity index (χ1n) is 11.4. The molecule has 2 fully saturated rings. The molecule has 0 N–H and O–H groups in total. The van der Waals surface area contributed by atoms with E-state index in [9.17, 15) is 19.2 Å². The molecule has 2 aromatic rings. The number of likely N-dealkylation sites (N-methyl/N-ethyl adjacent to an activating group) is 1. The molecular formula is C25H26FN5O2S2. The third-order valence-corrected chi connectivity index (χ3v) is 7.81. The van der Waals surface area contributed by atoms with E-state index >= 15 is 0 Å². The number of piperazine rings is 1. The van der Waals surface area contributed by atoms with Gasteiger partial charge in [0.2, 0.25) is 0 Å². The fourth-order valence-corrected chi connectivity index (χ4v) is 5.62. The number of nitriles is 1. The lowest BCUT2D eigenvalue weighted by Crippen LogP contribution is -2.49. The zero-order valence-corrected chi connectivity index (χ0v) is 21.5. The van der Waals surface area contributed by atoms with E-state index in [0.717, 1.165) is 0 Å². The van der Waals surface area contributed by atoms with Crippen molar-refractivity contribution in [3.8, 4) is 6.07 Å². The molecule has 1 amide bonds. The van der Waals surface area contributed by atoms with Crippen molar-refractivity contribution in [3.05, 3.63) is 62.0 Å². The molecular weight excluding hydrogens is 485 g/mol. The van der Waals surface area contributed by atoms with Gasteiger partial charge in [0, 0.05) is 45.3 Å². The lowest BCUT2D eigenvalue weighted by molar-refractivity contribution is -0.121. The summed E-state index contributed by atoms with van der Waals surface area (Å²) < 4.78 is 16.5. The maximum Gasteiger partial charge on any atom is 0.270 e. The van der Waals surface area contributed by atoms with Gasteiger partial charge in [0.05, 0.1) is 10.6 Å². The number of thiocarbonyl (C=S) groups is 1. The van der Waals surface area contributed by atoms with E-state index in [2.05, 4.69) is 11.0 Å². The lowest BCUT2D eigenvalue weighted by Gasteiger charge is -2.39. The van der Waals surface area contributed by atoms with Crippen molar-refractivity contribution in [2.24, 2.45) is 0 Å². The van der Waals surface area contributed by atoms with Crippen LogP contribution in [0.1, 0.15) is 30.0 Å². The summed E-state index contributed by atoms with van der Waals surface area (Å²) in [6, 6.07) is 8.76. The van der Waals surface area contributed by atoms with Gasteiger partial charge in [-0.25, -0.2) is 4.39 Å². The summed E-state index contributed by atoms with van der Waals surface area (Å²) in [4.78, 5) is 32.0. The molecule has 0 bridgehead atoms. The second-order valence-electron chi connectivity index (χ2n) is 8.47. The van der Waals surface area contributed by atoms with Crippen LogP contribution in [0.15, 0.2) is 34.0 Å². The number of pyridine rings is 1. The first-order chi connectivity index (χ1) is 16.8. The molecule has 0 aliphatic carbocycles. The Hall–Kier alpha value is -3.16. The Morgan fingerprint density at radius 3 is 2.40 bits per heavy atom. The average molecular weight is 512 g/mol. The standard InChI is InChI=1S/C25H26FN5O2S2/c1-4-9-31-22(30-12-10-29(11-13-30)20-8-6-5-7-19(20)26)17(16(2)18(15-27)23(31)32)14-21-24(33)28(3)25(34)35-21/h5-8,14H,4,9-13H2,1-3H3/b21-14+. The number of rotatable bonds is 5. The molecule has 182 valence electrons. The summed E-state index contributed by atoms with van der Waals surface area (Å²) >= 11 is 6.49. The van der Waals surface area contributed by atoms with E-state index < -0.39 is 0 Å². The van der Waals surface area contributed by atoms with Crippen LogP contribution in [-0.4, -0.2) is 52.9 Å². The largest absolute Gasteiger partial charge is 0.366 e. The first kappa shape index (κ1) is 24.9. The lowest BCUT2D eigenvalue weighted by atomic mass is 10.0. The number of benzene rings is 1. The highest BCUT2D eigenvalue weighted by atomic mass is 32.2. The minimum absolute atomic E-state index is 0.0745. The Morgan fingerprint density at radius 1 is 1.17 bits per heavy atom. The van der Waals surface area contributed by atoms with Gasteiger partial charge in [-0.15, -0.1) is 0 Å². The fraction of sp³-hybridized carbons (Fsp3) is 0.360. The molecule has 0 atom stereocenters. The minimum Gasteiger partial charge on any atom is -0.366 e. The van der Waals surface area contributed by atoms with Gasteiger partial charge in [-0.2, -0.15) is 5.26 Å². The molecule has 0 saturated carbocycles. The van der Waals surface area contributed by atoms with Crippen LogP contribution < -0.4 is 15.4 Å². The zero-order chi connectivity index (χ0) is 25.3. The second-order valence-corrected chi connectivity index (χ2v) is 10.1. The zero-order valence-electron chi connectivity index (χ0n) is 19.9. The molecule has 2 aliphatic heterocycles. The summed E-state index contributed by atoms with van der Waals surface area (Å²) in [6.07, 6.45) is 2.45. The number of amides is 1. The van der Waals surface area contributed by atoms with Crippen molar-refractivity contribution in [1.29, 1.82) is 5.26 Å². The fourth-order valence-electron chi connectivity index (χ4n) is 4.46. The van der Waals surface area contributed by atoms with Crippen molar-refractivity contribution in [2.45, 2.75) is 26.8 Å². The molecule has 10 heteroatoms. The van der Waals surface area contributed by atoms with Gasteiger partial charge in [-0.1, -0.05) is 43.0 Å². The molecule has 7 nitrogen and oxygen atoms in total. The molecule has 35 heavy (non-hydrogen) atoms. The van der Waals surface area contributed by atoms with Gasteiger partial charge in [0.15, 0.2) is 0 Å². The summed E-state index contributed by atoms with van der Waals surface area (Å²) in [6.45, 7) is 6.39. The predicted molar refractivity (Wildman–Crippen MR) is 142 cm³/mol. The van der Waals surface area contributed by atoms with E-state index in [1.165, 1.54) is 22.7 Å². The van der Waals surface area contributed by atoms with E-state index in [-0.39, 0.29) is 22.8 Å². The molecule has 2 saturated heterocycles. The van der Waals surface area contributed by atoms with Gasteiger partial charge >= 0.3 is 0 Å². The number of nitrogens with zero attached hydrogens (tertiary/aromatic N) is 5. The van der Waals surface area contributed by atoms with Crippen molar-refractivity contribution >= 4 is 51.8 Å². The van der Waals surface area contributed by atoms with E-state index in [0.29, 0.717) is 71.0 Å². The smallest absolute Gasteiger partial charge is 0.270 e. The summed E-state index contributed by atoms with van der Waals surface area (Å²) in [7, 11) is 1.63. The van der Waals surface area contributed by atoms with E-state index in [4.69, 9.17) is 12.2 Å².